The second-order valence-electron chi connectivity index (χ2n) is 4.73. The predicted molar refractivity (Wildman–Crippen MR) is 59.8 cm³/mol. The van der Waals surface area contributed by atoms with Crippen molar-refractivity contribution in [2.45, 2.75) is 31.4 Å². The number of piperidine rings is 1. The maximum absolute atomic E-state index is 6.12. The molecule has 0 spiro atoms. The van der Waals surface area contributed by atoms with Gasteiger partial charge in [0, 0.05) is 12.8 Å². The molecular formula is C13H17NO. The predicted octanol–water partition coefficient (Wildman–Crippen LogP) is 2.56. The van der Waals surface area contributed by atoms with Crippen molar-refractivity contribution in [3.63, 3.8) is 0 Å². The van der Waals surface area contributed by atoms with E-state index in [9.17, 15) is 0 Å². The molecule has 1 saturated heterocycles. The molecule has 0 amide bonds. The van der Waals surface area contributed by atoms with Crippen LogP contribution < -0.4 is 10.1 Å². The smallest absolute Gasteiger partial charge is 0.161 e. The van der Waals surface area contributed by atoms with Gasteiger partial charge in [-0.05, 0) is 37.4 Å². The number of para-hydroxylation sites is 1. The van der Waals surface area contributed by atoms with Crippen molar-refractivity contribution in [3.8, 4) is 5.75 Å². The molecule has 2 atom stereocenters. The largest absolute Gasteiger partial charge is 0.473 e. The van der Waals surface area contributed by atoms with Crippen LogP contribution >= 0.6 is 0 Å². The van der Waals surface area contributed by atoms with Crippen molar-refractivity contribution in [1.29, 1.82) is 0 Å². The number of hydrogen-bond acceptors (Lipinski definition) is 2. The molecule has 1 aromatic rings. The van der Waals surface area contributed by atoms with Crippen molar-refractivity contribution in [2.24, 2.45) is 5.92 Å². The van der Waals surface area contributed by atoms with Crippen LogP contribution in [0.5, 0.6) is 5.75 Å². The van der Waals surface area contributed by atoms with Gasteiger partial charge in [0.2, 0.25) is 0 Å². The van der Waals surface area contributed by atoms with Gasteiger partial charge in [0.05, 0.1) is 0 Å². The van der Waals surface area contributed by atoms with Crippen molar-refractivity contribution < 1.29 is 4.74 Å². The first kappa shape index (κ1) is 9.22. The highest BCUT2D eigenvalue weighted by atomic mass is 16.5. The first-order valence-corrected chi connectivity index (χ1v) is 5.85. The monoisotopic (exact) mass is 203 g/mol. The summed E-state index contributed by atoms with van der Waals surface area (Å²) in [6, 6.07) is 10.2. The molecule has 15 heavy (non-hydrogen) atoms. The van der Waals surface area contributed by atoms with Crippen molar-refractivity contribution in [3.05, 3.63) is 30.3 Å². The highest BCUT2D eigenvalue weighted by Gasteiger charge is 2.43. The molecule has 3 rings (SSSR count). The lowest BCUT2D eigenvalue weighted by molar-refractivity contribution is 0.0224. The number of rotatable bonds is 2. The quantitative estimate of drug-likeness (QED) is 0.797. The van der Waals surface area contributed by atoms with E-state index >= 15 is 0 Å². The summed E-state index contributed by atoms with van der Waals surface area (Å²) in [5.41, 5.74) is -0.0513. The van der Waals surface area contributed by atoms with E-state index in [0.717, 1.165) is 24.6 Å². The molecule has 2 nitrogen and oxygen atoms in total. The summed E-state index contributed by atoms with van der Waals surface area (Å²) in [7, 11) is 0. The molecule has 2 heteroatoms. The molecule has 2 aliphatic rings. The fraction of sp³-hybridized carbons (Fsp3) is 0.538. The highest BCUT2D eigenvalue weighted by Crippen LogP contribution is 2.40. The molecule has 2 bridgehead atoms. The van der Waals surface area contributed by atoms with Crippen molar-refractivity contribution in [2.75, 3.05) is 6.54 Å². The zero-order chi connectivity index (χ0) is 10.1. The van der Waals surface area contributed by atoms with E-state index in [1.54, 1.807) is 0 Å². The van der Waals surface area contributed by atoms with Gasteiger partial charge in [-0.15, -0.1) is 0 Å². The van der Waals surface area contributed by atoms with Gasteiger partial charge in [-0.25, -0.2) is 0 Å². The summed E-state index contributed by atoms with van der Waals surface area (Å²) in [5.74, 6) is 1.88. The Balaban J connectivity index is 1.77. The van der Waals surface area contributed by atoms with Crippen molar-refractivity contribution in [1.82, 2.24) is 5.32 Å². The Morgan fingerprint density at radius 1 is 1.20 bits per heavy atom. The van der Waals surface area contributed by atoms with E-state index in [2.05, 4.69) is 5.32 Å². The number of benzene rings is 1. The molecule has 1 saturated carbocycles. The average Bonchev–Trinajstić information content (AvgIpc) is 2.55. The summed E-state index contributed by atoms with van der Waals surface area (Å²) >= 11 is 0. The maximum Gasteiger partial charge on any atom is 0.161 e. The lowest BCUT2D eigenvalue weighted by Crippen LogP contribution is -2.51. The number of hydrogen-bond donors (Lipinski definition) is 1. The molecule has 0 aromatic heterocycles. The summed E-state index contributed by atoms with van der Waals surface area (Å²) in [4.78, 5) is 0. The second-order valence-corrected chi connectivity index (χ2v) is 4.73. The average molecular weight is 203 g/mol. The van der Waals surface area contributed by atoms with E-state index in [1.165, 1.54) is 19.3 Å². The summed E-state index contributed by atoms with van der Waals surface area (Å²) < 4.78 is 6.12. The first-order chi connectivity index (χ1) is 7.36. The van der Waals surface area contributed by atoms with Crippen LogP contribution in [0.2, 0.25) is 0 Å². The lowest BCUT2D eigenvalue weighted by Gasteiger charge is -2.35. The fourth-order valence-electron chi connectivity index (χ4n) is 2.86. The Kier molecular flexibility index (Phi) is 2.17. The minimum atomic E-state index is -0.0513. The van der Waals surface area contributed by atoms with Crippen LogP contribution in [-0.2, 0) is 0 Å². The third-order valence-electron chi connectivity index (χ3n) is 3.63. The molecule has 1 aromatic carbocycles. The van der Waals surface area contributed by atoms with Crippen LogP contribution in [0.15, 0.2) is 30.3 Å². The summed E-state index contributed by atoms with van der Waals surface area (Å²) in [6.07, 6.45) is 4.98. The van der Waals surface area contributed by atoms with Gasteiger partial charge in [0.1, 0.15) is 5.75 Å². The van der Waals surface area contributed by atoms with E-state index in [1.807, 2.05) is 30.3 Å². The van der Waals surface area contributed by atoms with Crippen LogP contribution in [0, 0.1) is 5.92 Å². The molecule has 2 fully saturated rings. The Morgan fingerprint density at radius 2 is 2.07 bits per heavy atom. The molecule has 80 valence electrons. The summed E-state index contributed by atoms with van der Waals surface area (Å²) in [5, 5.41) is 3.55. The summed E-state index contributed by atoms with van der Waals surface area (Å²) in [6.45, 7) is 1.11. The van der Waals surface area contributed by atoms with Crippen molar-refractivity contribution >= 4 is 0 Å². The Labute approximate surface area is 90.6 Å². The van der Waals surface area contributed by atoms with E-state index < -0.39 is 0 Å². The first-order valence-electron chi connectivity index (χ1n) is 5.85. The molecule has 1 heterocycles. The fourth-order valence-corrected chi connectivity index (χ4v) is 2.86. The van der Waals surface area contributed by atoms with Gasteiger partial charge < -0.3 is 4.74 Å². The van der Waals surface area contributed by atoms with Crippen LogP contribution in [0.1, 0.15) is 25.7 Å². The number of fused-ring (bicyclic) bond motifs is 2. The highest BCUT2D eigenvalue weighted by molar-refractivity contribution is 5.22. The third-order valence-corrected chi connectivity index (χ3v) is 3.63. The zero-order valence-electron chi connectivity index (χ0n) is 8.91. The van der Waals surface area contributed by atoms with Gasteiger partial charge in [0.25, 0.3) is 0 Å². The minimum absolute atomic E-state index is 0.0513. The second kappa shape index (κ2) is 3.53. The van der Waals surface area contributed by atoms with Gasteiger partial charge in [-0.3, -0.25) is 5.32 Å². The Bertz CT molecular complexity index is 334. The Morgan fingerprint density at radius 3 is 2.93 bits per heavy atom. The molecule has 1 N–H and O–H groups in total. The molecule has 2 unspecified atom stereocenters. The van der Waals surface area contributed by atoms with Crippen LogP contribution in [0.25, 0.3) is 0 Å². The van der Waals surface area contributed by atoms with E-state index in [4.69, 9.17) is 4.74 Å². The normalized spacial score (nSPS) is 34.0. The molecular weight excluding hydrogens is 186 g/mol. The number of ether oxygens (including phenoxy) is 1. The van der Waals surface area contributed by atoms with Crippen LogP contribution in [-0.4, -0.2) is 12.3 Å². The molecule has 1 aliphatic carbocycles. The van der Waals surface area contributed by atoms with Gasteiger partial charge >= 0.3 is 0 Å². The Hall–Kier alpha value is -1.02. The van der Waals surface area contributed by atoms with Gasteiger partial charge in [-0.1, -0.05) is 18.2 Å². The lowest BCUT2D eigenvalue weighted by atomic mass is 9.99. The SMILES string of the molecule is c1ccc(OC23CCC(CCN2)C3)cc1. The minimum Gasteiger partial charge on any atom is -0.473 e. The molecule has 1 aliphatic heterocycles. The third kappa shape index (κ3) is 1.74. The molecule has 0 radical (unpaired) electrons. The van der Waals surface area contributed by atoms with E-state index in [0.29, 0.717) is 0 Å². The zero-order valence-corrected chi connectivity index (χ0v) is 8.91. The maximum atomic E-state index is 6.12. The standard InChI is InChI=1S/C13H17NO/c1-2-4-12(5-3-1)15-13-8-6-11(10-13)7-9-14-13/h1-5,11,14H,6-10H2. The van der Waals surface area contributed by atoms with Crippen LogP contribution in [0.4, 0.5) is 0 Å². The van der Waals surface area contributed by atoms with Gasteiger partial charge in [0.15, 0.2) is 5.72 Å². The topological polar surface area (TPSA) is 21.3 Å². The number of nitrogens with one attached hydrogen (secondary N) is 1. The van der Waals surface area contributed by atoms with Gasteiger partial charge in [-0.2, -0.15) is 0 Å². The van der Waals surface area contributed by atoms with Crippen LogP contribution in [0.3, 0.4) is 0 Å². The van der Waals surface area contributed by atoms with E-state index in [-0.39, 0.29) is 5.72 Å².